The summed E-state index contributed by atoms with van der Waals surface area (Å²) in [5, 5.41) is 11.3. The molecule has 2 aromatic rings. The first-order valence-electron chi connectivity index (χ1n) is 8.54. The second-order valence-corrected chi connectivity index (χ2v) is 6.46. The first-order valence-corrected chi connectivity index (χ1v) is 8.54. The third kappa shape index (κ3) is 3.99. The van der Waals surface area contributed by atoms with E-state index in [1.165, 1.54) is 6.07 Å². The Balaban J connectivity index is 1.81. The average Bonchev–Trinajstić information content (AvgIpc) is 2.67. The fraction of sp³-hybridized carbons (Fsp3) is 0.368. The van der Waals surface area contributed by atoms with Crippen LogP contribution in [0.3, 0.4) is 0 Å². The maximum Gasteiger partial charge on any atom is 0.416 e. The van der Waals surface area contributed by atoms with Gasteiger partial charge in [0.05, 0.1) is 17.6 Å². The van der Waals surface area contributed by atoms with Gasteiger partial charge in [-0.2, -0.15) is 13.2 Å². The lowest BCUT2D eigenvalue weighted by Gasteiger charge is -2.34. The van der Waals surface area contributed by atoms with Gasteiger partial charge >= 0.3 is 6.18 Å². The molecule has 0 radical (unpaired) electrons. The summed E-state index contributed by atoms with van der Waals surface area (Å²) < 4.78 is 44.0. The number of nitro benzene ring substituents is 1. The molecule has 1 heterocycles. The number of methoxy groups -OCH3 is 1. The van der Waals surface area contributed by atoms with Gasteiger partial charge < -0.3 is 9.64 Å². The molecule has 0 unspecified atom stereocenters. The van der Waals surface area contributed by atoms with Crippen molar-refractivity contribution in [3.8, 4) is 5.75 Å². The molecule has 1 aliphatic rings. The topological polar surface area (TPSA) is 55.6 Å². The van der Waals surface area contributed by atoms with Crippen LogP contribution in [0.5, 0.6) is 5.75 Å². The third-order valence-corrected chi connectivity index (χ3v) is 4.91. The highest BCUT2D eigenvalue weighted by atomic mass is 19.4. The summed E-state index contributed by atoms with van der Waals surface area (Å²) in [6.07, 6.45) is -3.14. The molecule has 0 bridgehead atoms. The van der Waals surface area contributed by atoms with Crippen molar-refractivity contribution in [1.82, 2.24) is 0 Å². The van der Waals surface area contributed by atoms with Gasteiger partial charge in [0.25, 0.3) is 5.69 Å². The number of benzene rings is 2. The Labute approximate surface area is 154 Å². The van der Waals surface area contributed by atoms with Gasteiger partial charge in [0.15, 0.2) is 0 Å². The van der Waals surface area contributed by atoms with Crippen molar-refractivity contribution >= 4 is 11.4 Å². The molecule has 1 fully saturated rings. The fourth-order valence-electron chi connectivity index (χ4n) is 3.55. The second-order valence-electron chi connectivity index (χ2n) is 6.46. The number of hydrogen-bond donors (Lipinski definition) is 0. The number of ether oxygens (including phenoxy) is 1. The number of nitrogens with zero attached hydrogens (tertiary/aromatic N) is 2. The number of hydrogen-bond acceptors (Lipinski definition) is 4. The van der Waals surface area contributed by atoms with Gasteiger partial charge in [-0.25, -0.2) is 0 Å². The van der Waals surface area contributed by atoms with E-state index in [0.29, 0.717) is 19.2 Å². The molecular weight excluding hydrogens is 361 g/mol. The van der Waals surface area contributed by atoms with Crippen LogP contribution in [-0.2, 0) is 6.18 Å². The number of anilines is 1. The average molecular weight is 380 g/mol. The monoisotopic (exact) mass is 380 g/mol. The summed E-state index contributed by atoms with van der Waals surface area (Å²) in [5.41, 5.74) is -0.213. The molecule has 0 saturated carbocycles. The van der Waals surface area contributed by atoms with Crippen molar-refractivity contribution in [2.45, 2.75) is 24.9 Å². The van der Waals surface area contributed by atoms with Gasteiger partial charge in [-0.1, -0.05) is 18.2 Å². The van der Waals surface area contributed by atoms with Crippen LogP contribution in [0.1, 0.15) is 29.9 Å². The maximum atomic E-state index is 12.9. The van der Waals surface area contributed by atoms with Crippen LogP contribution < -0.4 is 9.64 Å². The van der Waals surface area contributed by atoms with Gasteiger partial charge in [-0.15, -0.1) is 0 Å². The maximum absolute atomic E-state index is 12.9. The second kappa shape index (κ2) is 7.46. The molecule has 0 N–H and O–H groups in total. The van der Waals surface area contributed by atoms with E-state index < -0.39 is 22.4 Å². The van der Waals surface area contributed by atoms with Crippen molar-refractivity contribution in [2.24, 2.45) is 0 Å². The molecule has 8 heteroatoms. The predicted molar refractivity (Wildman–Crippen MR) is 95.3 cm³/mol. The van der Waals surface area contributed by atoms with Gasteiger partial charge in [-0.3, -0.25) is 10.1 Å². The van der Waals surface area contributed by atoms with Gasteiger partial charge in [0.2, 0.25) is 0 Å². The number of halogens is 3. The molecule has 5 nitrogen and oxygen atoms in total. The predicted octanol–water partition coefficient (Wildman–Crippen LogP) is 5.01. The van der Waals surface area contributed by atoms with Crippen LogP contribution in [0.25, 0.3) is 0 Å². The Bertz CT molecular complexity index is 831. The molecule has 2 aromatic carbocycles. The molecule has 144 valence electrons. The lowest BCUT2D eigenvalue weighted by atomic mass is 9.88. The molecule has 3 rings (SSSR count). The quantitative estimate of drug-likeness (QED) is 0.553. The number of piperidine rings is 1. The molecule has 1 saturated heterocycles. The zero-order chi connectivity index (χ0) is 19.6. The minimum Gasteiger partial charge on any atom is -0.496 e. The first kappa shape index (κ1) is 19.0. The molecule has 0 aliphatic carbocycles. The number of rotatable bonds is 4. The summed E-state index contributed by atoms with van der Waals surface area (Å²) in [5.74, 6) is 1.04. The standard InChI is InChI=1S/C19H19F3N2O3/c1-27-18-5-3-2-4-15(18)13-8-10-23(11-9-13)16-7-6-14(19(20,21)22)12-17(16)24(25)26/h2-7,12-13H,8-11H2,1H3. The lowest BCUT2D eigenvalue weighted by molar-refractivity contribution is -0.384. The van der Waals surface area contributed by atoms with E-state index in [-0.39, 0.29) is 11.6 Å². The summed E-state index contributed by atoms with van der Waals surface area (Å²) in [6.45, 7) is 1.05. The molecule has 0 aromatic heterocycles. The van der Waals surface area contributed by atoms with Crippen molar-refractivity contribution in [1.29, 1.82) is 0 Å². The summed E-state index contributed by atoms with van der Waals surface area (Å²) in [4.78, 5) is 12.3. The normalized spacial score (nSPS) is 15.6. The van der Waals surface area contributed by atoms with Gasteiger partial charge in [0.1, 0.15) is 11.4 Å². The zero-order valence-electron chi connectivity index (χ0n) is 14.7. The smallest absolute Gasteiger partial charge is 0.416 e. The largest absolute Gasteiger partial charge is 0.496 e. The van der Waals surface area contributed by atoms with Crippen LogP contribution in [0, 0.1) is 10.1 Å². The number of alkyl halides is 3. The zero-order valence-corrected chi connectivity index (χ0v) is 14.7. The Morgan fingerprint density at radius 2 is 1.81 bits per heavy atom. The third-order valence-electron chi connectivity index (χ3n) is 4.91. The lowest BCUT2D eigenvalue weighted by Crippen LogP contribution is -2.33. The van der Waals surface area contributed by atoms with E-state index in [1.807, 2.05) is 24.3 Å². The van der Waals surface area contributed by atoms with Gasteiger partial charge in [0, 0.05) is 19.2 Å². The minimum absolute atomic E-state index is 0.228. The van der Waals surface area contributed by atoms with Crippen molar-refractivity contribution in [3.05, 3.63) is 63.7 Å². The summed E-state index contributed by atoms with van der Waals surface area (Å²) in [6, 6.07) is 10.4. The molecule has 0 atom stereocenters. The first-order chi connectivity index (χ1) is 12.8. The molecular formula is C19H19F3N2O3. The van der Waals surface area contributed by atoms with Crippen LogP contribution >= 0.6 is 0 Å². The molecule has 27 heavy (non-hydrogen) atoms. The van der Waals surface area contributed by atoms with Crippen molar-refractivity contribution in [3.63, 3.8) is 0 Å². The summed E-state index contributed by atoms with van der Waals surface area (Å²) >= 11 is 0. The van der Waals surface area contributed by atoms with E-state index in [4.69, 9.17) is 4.74 Å². The van der Waals surface area contributed by atoms with Crippen LogP contribution in [0.4, 0.5) is 24.5 Å². The van der Waals surface area contributed by atoms with E-state index in [2.05, 4.69) is 0 Å². The highest BCUT2D eigenvalue weighted by Crippen LogP contribution is 2.40. The number of para-hydroxylation sites is 1. The Kier molecular flexibility index (Phi) is 5.25. The fourth-order valence-corrected chi connectivity index (χ4v) is 3.55. The molecule has 0 amide bonds. The number of nitro groups is 1. The minimum atomic E-state index is -4.61. The molecule has 0 spiro atoms. The van der Waals surface area contributed by atoms with E-state index >= 15 is 0 Å². The SMILES string of the molecule is COc1ccccc1C1CCN(c2ccc(C(F)(F)F)cc2[N+](=O)[O-])CC1. The van der Waals surface area contributed by atoms with E-state index in [9.17, 15) is 23.3 Å². The summed E-state index contributed by atoms with van der Waals surface area (Å²) in [7, 11) is 1.61. The van der Waals surface area contributed by atoms with E-state index in [0.717, 1.165) is 30.2 Å². The van der Waals surface area contributed by atoms with Crippen LogP contribution in [0.2, 0.25) is 0 Å². The van der Waals surface area contributed by atoms with Crippen LogP contribution in [-0.4, -0.2) is 25.1 Å². The highest BCUT2D eigenvalue weighted by Gasteiger charge is 2.34. The van der Waals surface area contributed by atoms with Crippen LogP contribution in [0.15, 0.2) is 42.5 Å². The van der Waals surface area contributed by atoms with Crippen molar-refractivity contribution < 1.29 is 22.8 Å². The van der Waals surface area contributed by atoms with Gasteiger partial charge in [-0.05, 0) is 42.5 Å². The van der Waals surface area contributed by atoms with E-state index in [1.54, 1.807) is 12.0 Å². The Morgan fingerprint density at radius 1 is 1.15 bits per heavy atom. The molecule has 1 aliphatic heterocycles. The van der Waals surface area contributed by atoms with Crippen molar-refractivity contribution in [2.75, 3.05) is 25.1 Å². The Morgan fingerprint density at radius 3 is 2.41 bits per heavy atom. The Hall–Kier alpha value is -2.77. The highest BCUT2D eigenvalue weighted by molar-refractivity contribution is 5.65.